The molecule has 2 aromatic heterocycles. The number of Topliss-reactive ketones (excluding diaryl/α,β-unsaturated/α-hetero) is 1. The summed E-state index contributed by atoms with van der Waals surface area (Å²) in [5.41, 5.74) is 12.0. The third kappa shape index (κ3) is 10.9. The van der Waals surface area contributed by atoms with Crippen molar-refractivity contribution in [1.29, 1.82) is 0 Å². The van der Waals surface area contributed by atoms with E-state index in [1.54, 1.807) is 23.2 Å². The highest BCUT2D eigenvalue weighted by Crippen LogP contribution is 2.41. The molecule has 66 heavy (non-hydrogen) atoms. The van der Waals surface area contributed by atoms with Crippen LogP contribution < -0.4 is 5.14 Å². The first-order chi connectivity index (χ1) is 31.7. The first-order valence-corrected chi connectivity index (χ1v) is 25.9. The number of rotatable bonds is 17. The molecule has 10 rings (SSSR count). The van der Waals surface area contributed by atoms with E-state index in [-0.39, 0.29) is 27.9 Å². The largest absolute Gasteiger partial charge is 0.298 e. The molecule has 4 aromatic rings. The van der Waals surface area contributed by atoms with Crippen LogP contribution in [0.25, 0.3) is 0 Å². The summed E-state index contributed by atoms with van der Waals surface area (Å²) in [7, 11) is -7.53. The maximum Gasteiger partial charge on any atom is 0.257 e. The minimum atomic E-state index is -3.79. The van der Waals surface area contributed by atoms with Crippen molar-refractivity contribution in [2.45, 2.75) is 156 Å². The molecule has 2 N–H and O–H groups in total. The quantitative estimate of drug-likeness (QED) is 0.0693. The average molecular weight is 931 g/mol. The second-order valence-corrected chi connectivity index (χ2v) is 21.3. The number of sulfonamides is 1. The number of aliphatic imine (C=N–C) groups is 1. The maximum atomic E-state index is 12.9. The van der Waals surface area contributed by atoms with Crippen LogP contribution in [0, 0.1) is 24.7 Å². The Bertz CT molecular complexity index is 2890. The monoisotopic (exact) mass is 930 g/mol. The number of benzene rings is 2. The van der Waals surface area contributed by atoms with Crippen LogP contribution in [0.15, 0.2) is 72.2 Å². The van der Waals surface area contributed by atoms with E-state index in [2.05, 4.69) is 59.6 Å². The lowest BCUT2D eigenvalue weighted by Crippen LogP contribution is -2.20. The van der Waals surface area contributed by atoms with Gasteiger partial charge in [0.25, 0.3) is 10.0 Å². The van der Waals surface area contributed by atoms with Gasteiger partial charge in [-0.05, 0) is 139 Å². The molecular weight excluding hydrogens is 877 g/mol. The van der Waals surface area contributed by atoms with Crippen LogP contribution in [0.2, 0.25) is 0 Å². The van der Waals surface area contributed by atoms with Crippen molar-refractivity contribution < 1.29 is 26.4 Å². The molecule has 0 saturated heterocycles. The summed E-state index contributed by atoms with van der Waals surface area (Å²) in [6.07, 6.45) is 32.8. The summed E-state index contributed by atoms with van der Waals surface area (Å²) in [5.74, 6) is 4.37. The molecule has 16 nitrogen and oxygen atoms in total. The van der Waals surface area contributed by atoms with Crippen molar-refractivity contribution in [3.8, 4) is 24.7 Å². The number of carbonyl (C=O) groups excluding carboxylic acids is 2. The van der Waals surface area contributed by atoms with Gasteiger partial charge in [-0.25, -0.2) is 26.8 Å². The smallest absolute Gasteiger partial charge is 0.257 e. The van der Waals surface area contributed by atoms with E-state index in [1.807, 2.05) is 0 Å². The Balaban J connectivity index is 0.000000150. The summed E-state index contributed by atoms with van der Waals surface area (Å²) in [4.78, 5) is 27.3. The van der Waals surface area contributed by atoms with E-state index in [9.17, 15) is 26.4 Å². The second kappa shape index (κ2) is 19.5. The maximum absolute atomic E-state index is 12.9. The fourth-order valence-electron chi connectivity index (χ4n) is 9.82. The molecule has 6 aliphatic rings. The van der Waals surface area contributed by atoms with Gasteiger partial charge in [0.2, 0.25) is 15.9 Å². The predicted molar refractivity (Wildman–Crippen MR) is 246 cm³/mol. The van der Waals surface area contributed by atoms with Crippen LogP contribution in [0.4, 0.5) is 5.69 Å². The zero-order valence-electron chi connectivity index (χ0n) is 37.0. The first kappa shape index (κ1) is 46.6. The molecule has 0 radical (unpaired) electrons. The van der Waals surface area contributed by atoms with E-state index in [4.69, 9.17) is 18.0 Å². The number of isocyanates is 1. The normalized spacial score (nSPS) is 17.1. The second-order valence-electron chi connectivity index (χ2n) is 17.9. The molecule has 18 heteroatoms. The van der Waals surface area contributed by atoms with Gasteiger partial charge in [-0.3, -0.25) is 14.2 Å². The molecule has 4 aliphatic carbocycles. The summed E-state index contributed by atoms with van der Waals surface area (Å²) in [5, 5.41) is 29.0. The topological polar surface area (TPSA) is 226 Å². The summed E-state index contributed by atoms with van der Waals surface area (Å²) >= 11 is 0. The van der Waals surface area contributed by atoms with Crippen molar-refractivity contribution in [3.05, 3.63) is 86.7 Å². The number of aryl methyl sites for hydroxylation is 6. The first-order valence-electron chi connectivity index (χ1n) is 22.7. The number of sulfone groups is 1. The van der Waals surface area contributed by atoms with Crippen LogP contribution in [0.3, 0.4) is 0 Å². The van der Waals surface area contributed by atoms with Crippen molar-refractivity contribution in [2.24, 2.45) is 30.6 Å². The van der Waals surface area contributed by atoms with E-state index in [0.717, 1.165) is 75.5 Å². The molecule has 0 saturated carbocycles. The molecule has 2 aromatic carbocycles. The van der Waals surface area contributed by atoms with Gasteiger partial charge in [0, 0.05) is 70.4 Å². The summed E-state index contributed by atoms with van der Waals surface area (Å²) in [6.45, 7) is 1.01. The molecule has 0 unspecified atom stereocenters. The number of hydrogen-bond acceptors (Lipinski definition) is 13. The zero-order chi connectivity index (χ0) is 46.5. The van der Waals surface area contributed by atoms with E-state index >= 15 is 0 Å². The van der Waals surface area contributed by atoms with E-state index in [1.165, 1.54) is 74.2 Å². The number of terminal acetylenes is 2. The molecule has 4 heterocycles. The fraction of sp³-hybridized carbons (Fsp3) is 0.500. The number of carbonyl (C=O) groups is 1. The molecule has 0 atom stereocenters. The number of fused-ring (bicyclic) bond motifs is 4. The van der Waals surface area contributed by atoms with Gasteiger partial charge < -0.3 is 0 Å². The zero-order valence-corrected chi connectivity index (χ0v) is 38.7. The molecule has 0 spiro atoms. The van der Waals surface area contributed by atoms with Crippen LogP contribution in [0.1, 0.15) is 114 Å². The highest BCUT2D eigenvalue weighted by Gasteiger charge is 2.40. The Morgan fingerprint density at radius 2 is 1.11 bits per heavy atom. The van der Waals surface area contributed by atoms with Gasteiger partial charge in [-0.1, -0.05) is 12.1 Å². The van der Waals surface area contributed by atoms with Crippen LogP contribution in [0.5, 0.6) is 0 Å². The van der Waals surface area contributed by atoms with Crippen molar-refractivity contribution in [1.82, 2.24) is 19.6 Å². The number of hydrogen-bond donors (Lipinski definition) is 1. The molecule has 0 bridgehead atoms. The summed E-state index contributed by atoms with van der Waals surface area (Å²) in [6, 6.07) is 7.50. The molecule has 344 valence electrons. The lowest BCUT2D eigenvalue weighted by atomic mass is 9.91. The Labute approximate surface area is 386 Å². The minimum absolute atomic E-state index is 0.0540. The van der Waals surface area contributed by atoms with Gasteiger partial charge in [-0.15, -0.1) is 24.7 Å². The van der Waals surface area contributed by atoms with Crippen LogP contribution in [-0.4, -0.2) is 65.3 Å². The third-order valence-corrected chi connectivity index (χ3v) is 15.7. The van der Waals surface area contributed by atoms with Gasteiger partial charge in [-0.2, -0.15) is 35.6 Å². The SMILES string of the molecule is C#CCCC1(CCn2ccc(S(=O)(=O)CC(=O)Cc3c4c(cc5c3CCC5)CCC4)n2)N=N1.C#CCCC1(CCn2ccc(S(N)(=O)=O)n2)N=N1.O=C=Nc1c2c(cc3c1CCC3)CCC2. The van der Waals surface area contributed by atoms with Gasteiger partial charge >= 0.3 is 0 Å². The predicted octanol–water partition coefficient (Wildman–Crippen LogP) is 6.54. The molecule has 0 fully saturated rings. The van der Waals surface area contributed by atoms with Crippen molar-refractivity contribution >= 4 is 37.4 Å². The lowest BCUT2D eigenvalue weighted by molar-refractivity contribution is -0.116. The molecular formula is C48H54N10O6S2. The Kier molecular flexibility index (Phi) is 13.8. The van der Waals surface area contributed by atoms with E-state index in [0.29, 0.717) is 51.6 Å². The van der Waals surface area contributed by atoms with Crippen LogP contribution in [-0.2, 0) is 100 Å². The van der Waals surface area contributed by atoms with Crippen LogP contribution >= 0.6 is 0 Å². The number of nitrogens with two attached hydrogens (primary N) is 1. The molecule has 0 amide bonds. The van der Waals surface area contributed by atoms with Gasteiger partial charge in [0.1, 0.15) is 5.75 Å². The standard InChI is InChI=1S/C25H28N4O3S.C13H13NO.C10H13N5O2S/c1-2-3-11-25(27-28-25)12-14-29-13-10-24(26-29)33(31,32)17-20(30)16-23-21-8-4-6-18(21)15-19-7-5-9-22(19)23;15-8-14-13-11-5-1-3-9(11)7-10-4-2-6-12(10)13;1-2-3-5-10(13-14-10)6-8-15-7-4-9(12-15)18(11,16)17/h1,10,13,15H,3-9,11-12,14,16-17H2;7H,1-6H2;1,4,7H,3,5-6,8H2,(H2,11,16,17). The fourth-order valence-corrected chi connectivity index (χ4v) is 11.5. The Hall–Kier alpha value is -5.91. The average Bonchev–Trinajstić information content (AvgIpc) is 3.82. The Morgan fingerprint density at radius 3 is 1.53 bits per heavy atom. The van der Waals surface area contributed by atoms with Gasteiger partial charge in [0.05, 0.1) is 5.69 Å². The Morgan fingerprint density at radius 1 is 0.667 bits per heavy atom. The lowest BCUT2D eigenvalue weighted by Gasteiger charge is -2.14. The van der Waals surface area contributed by atoms with E-state index < -0.39 is 31.3 Å². The number of aromatic nitrogens is 4. The number of ketones is 1. The third-order valence-electron chi connectivity index (χ3n) is 13.4. The van der Waals surface area contributed by atoms with Gasteiger partial charge in [0.15, 0.2) is 27.2 Å². The highest BCUT2D eigenvalue weighted by molar-refractivity contribution is 7.92. The highest BCUT2D eigenvalue weighted by atomic mass is 32.2. The number of nitrogens with zero attached hydrogens (tertiary/aromatic N) is 9. The van der Waals surface area contributed by atoms with Crippen molar-refractivity contribution in [2.75, 3.05) is 5.75 Å². The summed E-state index contributed by atoms with van der Waals surface area (Å²) < 4.78 is 51.0. The molecule has 2 aliphatic heterocycles. The minimum Gasteiger partial charge on any atom is -0.298 e. The number of primary sulfonamides is 1. The van der Waals surface area contributed by atoms with Crippen molar-refractivity contribution in [3.63, 3.8) is 0 Å².